The molecular weight excluding hydrogens is 271 g/mol. The third-order valence-corrected chi connectivity index (χ3v) is 2.81. The van der Waals surface area contributed by atoms with E-state index in [1.807, 2.05) is 6.92 Å². The maximum absolute atomic E-state index is 12.8. The zero-order chi connectivity index (χ0) is 15.1. The Balaban J connectivity index is 1.90. The normalized spacial score (nSPS) is 10.2. The van der Waals surface area contributed by atoms with Crippen LogP contribution in [-0.2, 0) is 6.54 Å². The number of amides is 1. The topological polar surface area (TPSA) is 66.9 Å². The molecule has 1 heterocycles. The monoisotopic (exact) mass is 288 g/mol. The third-order valence-electron chi connectivity index (χ3n) is 2.81. The van der Waals surface area contributed by atoms with E-state index in [-0.39, 0.29) is 11.7 Å². The third kappa shape index (κ3) is 4.52. The summed E-state index contributed by atoms with van der Waals surface area (Å²) in [6.07, 6.45) is 3.83. The molecule has 0 saturated carbocycles. The Morgan fingerprint density at radius 2 is 1.86 bits per heavy atom. The van der Waals surface area contributed by atoms with E-state index in [1.165, 1.54) is 24.5 Å². The van der Waals surface area contributed by atoms with Gasteiger partial charge in [-0.1, -0.05) is 19.1 Å². The minimum absolute atomic E-state index is 0.179. The molecule has 0 spiro atoms. The molecule has 1 aromatic heterocycles. The van der Waals surface area contributed by atoms with Crippen LogP contribution in [0.5, 0.6) is 0 Å². The number of benzene rings is 1. The van der Waals surface area contributed by atoms with Gasteiger partial charge in [-0.15, -0.1) is 0 Å². The van der Waals surface area contributed by atoms with E-state index in [0.717, 1.165) is 12.0 Å². The minimum atomic E-state index is -0.266. The van der Waals surface area contributed by atoms with Crippen LogP contribution in [0, 0.1) is 5.82 Å². The van der Waals surface area contributed by atoms with Crippen molar-refractivity contribution in [2.45, 2.75) is 19.9 Å². The molecule has 1 aromatic carbocycles. The van der Waals surface area contributed by atoms with Crippen LogP contribution < -0.4 is 10.6 Å². The second-order valence-corrected chi connectivity index (χ2v) is 4.53. The molecule has 1 amide bonds. The number of carbonyl (C=O) groups is 1. The molecule has 5 nitrogen and oxygen atoms in total. The van der Waals surface area contributed by atoms with Gasteiger partial charge in [-0.05, 0) is 24.1 Å². The number of carbonyl (C=O) groups excluding carboxylic acids is 1. The lowest BCUT2D eigenvalue weighted by Gasteiger charge is -2.06. The van der Waals surface area contributed by atoms with E-state index in [4.69, 9.17) is 0 Å². The molecule has 0 aliphatic carbocycles. The van der Waals surface area contributed by atoms with E-state index < -0.39 is 0 Å². The van der Waals surface area contributed by atoms with Crippen LogP contribution in [-0.4, -0.2) is 22.4 Å². The molecular formula is C15H17FN4O. The van der Waals surface area contributed by atoms with Crippen molar-refractivity contribution < 1.29 is 9.18 Å². The Morgan fingerprint density at radius 1 is 1.19 bits per heavy atom. The van der Waals surface area contributed by atoms with Crippen LogP contribution in [0.2, 0.25) is 0 Å². The highest BCUT2D eigenvalue weighted by Crippen LogP contribution is 2.06. The first-order valence-electron chi connectivity index (χ1n) is 6.77. The second-order valence-electron chi connectivity index (χ2n) is 4.53. The van der Waals surface area contributed by atoms with Gasteiger partial charge in [0.15, 0.2) is 0 Å². The lowest BCUT2D eigenvalue weighted by molar-refractivity contribution is 0.0953. The molecule has 2 N–H and O–H groups in total. The summed E-state index contributed by atoms with van der Waals surface area (Å²) in [7, 11) is 0. The molecule has 0 saturated heterocycles. The van der Waals surface area contributed by atoms with Crippen LogP contribution in [0.25, 0.3) is 0 Å². The Labute approximate surface area is 122 Å². The molecule has 0 atom stereocenters. The van der Waals surface area contributed by atoms with E-state index in [0.29, 0.717) is 24.6 Å². The summed E-state index contributed by atoms with van der Waals surface area (Å²) < 4.78 is 12.8. The van der Waals surface area contributed by atoms with Gasteiger partial charge in [-0.25, -0.2) is 14.4 Å². The minimum Gasteiger partial charge on any atom is -0.352 e. The zero-order valence-electron chi connectivity index (χ0n) is 11.8. The van der Waals surface area contributed by atoms with Crippen molar-refractivity contribution in [1.29, 1.82) is 0 Å². The first-order valence-corrected chi connectivity index (χ1v) is 6.77. The Hall–Kier alpha value is -2.50. The van der Waals surface area contributed by atoms with E-state index in [1.54, 1.807) is 12.1 Å². The first-order chi connectivity index (χ1) is 10.2. The van der Waals surface area contributed by atoms with E-state index >= 15 is 0 Å². The Morgan fingerprint density at radius 3 is 2.48 bits per heavy atom. The fraction of sp³-hybridized carbons (Fsp3) is 0.267. The van der Waals surface area contributed by atoms with Gasteiger partial charge < -0.3 is 10.6 Å². The van der Waals surface area contributed by atoms with Crippen molar-refractivity contribution in [1.82, 2.24) is 15.3 Å². The van der Waals surface area contributed by atoms with Crippen molar-refractivity contribution in [3.63, 3.8) is 0 Å². The van der Waals surface area contributed by atoms with Crippen molar-refractivity contribution in [3.8, 4) is 0 Å². The predicted octanol–water partition coefficient (Wildman–Crippen LogP) is 2.37. The van der Waals surface area contributed by atoms with Crippen LogP contribution in [0.4, 0.5) is 10.3 Å². The van der Waals surface area contributed by atoms with E-state index in [9.17, 15) is 9.18 Å². The number of hydrogen-bond donors (Lipinski definition) is 2. The van der Waals surface area contributed by atoms with Gasteiger partial charge in [0.1, 0.15) is 5.82 Å². The fourth-order valence-electron chi connectivity index (χ4n) is 1.66. The number of aromatic nitrogens is 2. The first kappa shape index (κ1) is 14.9. The van der Waals surface area contributed by atoms with Gasteiger partial charge in [0.25, 0.3) is 5.91 Å². The van der Waals surface area contributed by atoms with Crippen LogP contribution in [0.15, 0.2) is 36.7 Å². The van der Waals surface area contributed by atoms with Crippen molar-refractivity contribution in [3.05, 3.63) is 53.6 Å². The quantitative estimate of drug-likeness (QED) is 0.856. The fourth-order valence-corrected chi connectivity index (χ4v) is 1.66. The number of nitrogens with one attached hydrogen (secondary N) is 2. The largest absolute Gasteiger partial charge is 0.352 e. The summed E-state index contributed by atoms with van der Waals surface area (Å²) in [4.78, 5) is 19.8. The number of hydrogen-bond acceptors (Lipinski definition) is 4. The zero-order valence-corrected chi connectivity index (χ0v) is 11.8. The molecule has 0 unspecified atom stereocenters. The van der Waals surface area contributed by atoms with Gasteiger partial charge in [-0.2, -0.15) is 0 Å². The Kier molecular flexibility index (Phi) is 5.20. The maximum Gasteiger partial charge on any atom is 0.254 e. The number of anilines is 1. The maximum atomic E-state index is 12.8. The molecule has 0 radical (unpaired) electrons. The number of halogens is 1. The lowest BCUT2D eigenvalue weighted by Crippen LogP contribution is -2.24. The second kappa shape index (κ2) is 7.33. The molecule has 0 fully saturated rings. The predicted molar refractivity (Wildman–Crippen MR) is 78.4 cm³/mol. The van der Waals surface area contributed by atoms with Crippen LogP contribution >= 0.6 is 0 Å². The molecule has 21 heavy (non-hydrogen) atoms. The van der Waals surface area contributed by atoms with E-state index in [2.05, 4.69) is 20.6 Å². The Bertz CT molecular complexity index is 584. The molecule has 0 bridgehead atoms. The summed E-state index contributed by atoms with van der Waals surface area (Å²) in [6, 6.07) is 6.18. The number of nitrogens with zero attached hydrogens (tertiary/aromatic N) is 2. The molecule has 0 aliphatic rings. The lowest BCUT2D eigenvalue weighted by atomic mass is 10.2. The van der Waals surface area contributed by atoms with Gasteiger partial charge >= 0.3 is 0 Å². The highest BCUT2D eigenvalue weighted by atomic mass is 19.1. The van der Waals surface area contributed by atoms with Gasteiger partial charge in [0.05, 0.1) is 5.56 Å². The highest BCUT2D eigenvalue weighted by Gasteiger charge is 2.06. The molecule has 0 aliphatic heterocycles. The summed E-state index contributed by atoms with van der Waals surface area (Å²) in [5, 5.41) is 5.77. The standard InChI is InChI=1S/C15H17FN4O/c1-2-7-17-14(21)12-9-19-15(20-10-12)18-8-11-3-5-13(16)6-4-11/h3-6,9-10H,2,7-8H2,1H3,(H,17,21)(H,18,19,20). The molecule has 2 aromatic rings. The van der Waals surface area contributed by atoms with Gasteiger partial charge in [0.2, 0.25) is 5.95 Å². The highest BCUT2D eigenvalue weighted by molar-refractivity contribution is 5.93. The van der Waals surface area contributed by atoms with Crippen molar-refractivity contribution >= 4 is 11.9 Å². The molecule has 6 heteroatoms. The summed E-state index contributed by atoms with van der Waals surface area (Å²) >= 11 is 0. The van der Waals surface area contributed by atoms with Crippen molar-refractivity contribution in [2.75, 3.05) is 11.9 Å². The number of rotatable bonds is 6. The van der Waals surface area contributed by atoms with Crippen molar-refractivity contribution in [2.24, 2.45) is 0 Å². The average Bonchev–Trinajstić information content (AvgIpc) is 2.52. The average molecular weight is 288 g/mol. The SMILES string of the molecule is CCCNC(=O)c1cnc(NCc2ccc(F)cc2)nc1. The summed E-state index contributed by atoms with van der Waals surface area (Å²) in [5.74, 6) is -0.0225. The smallest absolute Gasteiger partial charge is 0.254 e. The molecule has 2 rings (SSSR count). The molecule has 110 valence electrons. The van der Waals surface area contributed by atoms with Gasteiger partial charge in [-0.3, -0.25) is 4.79 Å². The van der Waals surface area contributed by atoms with Gasteiger partial charge in [0, 0.05) is 25.5 Å². The van der Waals surface area contributed by atoms with Crippen LogP contribution in [0.3, 0.4) is 0 Å². The summed E-state index contributed by atoms with van der Waals surface area (Å²) in [5.41, 5.74) is 1.35. The summed E-state index contributed by atoms with van der Waals surface area (Å²) in [6.45, 7) is 3.10. The van der Waals surface area contributed by atoms with Crippen LogP contribution in [0.1, 0.15) is 29.3 Å².